The Balaban J connectivity index is 1.67. The molecule has 29 heavy (non-hydrogen) atoms. The van der Waals surface area contributed by atoms with Crippen LogP contribution in [0.5, 0.6) is 5.75 Å². The van der Waals surface area contributed by atoms with Crippen molar-refractivity contribution in [1.82, 2.24) is 4.90 Å². The number of hydrogen-bond acceptors (Lipinski definition) is 4. The molecule has 1 heterocycles. The molecule has 1 aliphatic heterocycles. The summed E-state index contributed by atoms with van der Waals surface area (Å²) in [6.45, 7) is -2.87. The van der Waals surface area contributed by atoms with E-state index in [0.29, 0.717) is 0 Å². The summed E-state index contributed by atoms with van der Waals surface area (Å²) in [6.07, 6.45) is -4.17. The number of carbonyl (C=O) groups excluding carboxylic acids is 1. The largest absolute Gasteiger partial charge is 0.484 e. The van der Waals surface area contributed by atoms with E-state index in [1.165, 1.54) is 0 Å². The number of rotatable bonds is 5. The van der Waals surface area contributed by atoms with Gasteiger partial charge in [0.05, 0.1) is 28.3 Å². The van der Waals surface area contributed by atoms with Gasteiger partial charge in [0.25, 0.3) is 5.92 Å². The number of sulfone groups is 1. The van der Waals surface area contributed by atoms with E-state index in [2.05, 4.69) is 4.74 Å². The number of amides is 1. The van der Waals surface area contributed by atoms with Crippen LogP contribution in [-0.4, -0.2) is 56.3 Å². The first-order valence-corrected chi connectivity index (χ1v) is 10.6. The third kappa shape index (κ3) is 4.93. The van der Waals surface area contributed by atoms with Crippen LogP contribution in [0.3, 0.4) is 0 Å². The molecule has 1 aliphatic carbocycles. The average Bonchev–Trinajstić information content (AvgIpc) is 3.07. The van der Waals surface area contributed by atoms with Crippen LogP contribution in [-0.2, 0) is 14.6 Å². The van der Waals surface area contributed by atoms with Crippen molar-refractivity contribution in [3.05, 3.63) is 23.2 Å². The van der Waals surface area contributed by atoms with E-state index in [4.69, 9.17) is 11.6 Å². The molecule has 5 nitrogen and oxygen atoms in total. The quantitative estimate of drug-likeness (QED) is 0.627. The predicted octanol–water partition coefficient (Wildman–Crippen LogP) is 3.70. The number of likely N-dealkylation sites (tertiary alicyclic amines) is 1. The molecule has 1 amide bonds. The summed E-state index contributed by atoms with van der Waals surface area (Å²) in [7, 11) is -3.96. The molecule has 0 spiro atoms. The van der Waals surface area contributed by atoms with Crippen LogP contribution < -0.4 is 4.74 Å². The Morgan fingerprint density at radius 1 is 1.24 bits per heavy atom. The highest BCUT2D eigenvalue weighted by molar-refractivity contribution is 7.92. The van der Waals surface area contributed by atoms with E-state index in [1.807, 2.05) is 0 Å². The molecule has 0 unspecified atom stereocenters. The van der Waals surface area contributed by atoms with Crippen molar-refractivity contribution in [3.63, 3.8) is 0 Å². The van der Waals surface area contributed by atoms with Crippen LogP contribution in [0.4, 0.5) is 22.0 Å². The molecule has 12 heteroatoms. The number of carbonyl (C=O) groups is 1. The van der Waals surface area contributed by atoms with E-state index in [0.717, 1.165) is 23.1 Å². The van der Waals surface area contributed by atoms with Crippen LogP contribution >= 0.6 is 11.6 Å². The second-order valence-corrected chi connectivity index (χ2v) is 9.83. The van der Waals surface area contributed by atoms with Gasteiger partial charge in [0, 0.05) is 12.0 Å². The van der Waals surface area contributed by atoms with Crippen LogP contribution in [0, 0.1) is 5.92 Å². The van der Waals surface area contributed by atoms with Gasteiger partial charge in [-0.1, -0.05) is 11.6 Å². The molecule has 0 radical (unpaired) electrons. The third-order valence-electron chi connectivity index (χ3n) is 4.94. The first kappa shape index (κ1) is 22.1. The fourth-order valence-corrected chi connectivity index (χ4v) is 5.89. The van der Waals surface area contributed by atoms with Crippen LogP contribution in [0.15, 0.2) is 23.1 Å². The Kier molecular flexibility index (Phi) is 5.76. The van der Waals surface area contributed by atoms with Gasteiger partial charge in [0.2, 0.25) is 5.91 Å². The lowest BCUT2D eigenvalue weighted by Crippen LogP contribution is -2.59. The van der Waals surface area contributed by atoms with Crippen LogP contribution in [0.2, 0.25) is 5.02 Å². The van der Waals surface area contributed by atoms with Gasteiger partial charge in [0.1, 0.15) is 5.75 Å². The second-order valence-electron chi connectivity index (χ2n) is 7.22. The van der Waals surface area contributed by atoms with Gasteiger partial charge in [-0.05, 0) is 31.4 Å². The molecule has 1 saturated carbocycles. The maximum Gasteiger partial charge on any atom is 0.422 e. The Labute approximate surface area is 168 Å². The number of hydrogen-bond donors (Lipinski definition) is 0. The van der Waals surface area contributed by atoms with Gasteiger partial charge in [-0.2, -0.15) is 13.2 Å². The molecule has 0 bridgehead atoms. The van der Waals surface area contributed by atoms with E-state index < -0.39 is 58.7 Å². The Morgan fingerprint density at radius 2 is 1.90 bits per heavy atom. The minimum atomic E-state index is -4.55. The van der Waals surface area contributed by atoms with Crippen molar-refractivity contribution < 1.29 is 39.9 Å². The molecule has 2 atom stereocenters. The van der Waals surface area contributed by atoms with Crippen molar-refractivity contribution >= 4 is 27.3 Å². The maximum atomic E-state index is 12.9. The average molecular weight is 462 g/mol. The maximum absolute atomic E-state index is 12.9. The normalized spacial score (nSPS) is 24.3. The third-order valence-corrected chi connectivity index (χ3v) is 7.64. The van der Waals surface area contributed by atoms with Crippen molar-refractivity contribution in [2.24, 2.45) is 5.92 Å². The van der Waals surface area contributed by atoms with Crippen molar-refractivity contribution in [2.75, 3.05) is 19.7 Å². The van der Waals surface area contributed by atoms with Crippen LogP contribution in [0.25, 0.3) is 0 Å². The van der Waals surface area contributed by atoms with Crippen molar-refractivity contribution in [3.8, 4) is 5.75 Å². The molecule has 0 N–H and O–H groups in total. The summed E-state index contributed by atoms with van der Waals surface area (Å²) in [5, 5.41) is -1.22. The lowest BCUT2D eigenvalue weighted by Gasteiger charge is -2.40. The fraction of sp³-hybridized carbons (Fsp3) is 0.588. The molecule has 1 aromatic rings. The molecule has 1 saturated heterocycles. The monoisotopic (exact) mass is 461 g/mol. The van der Waals surface area contributed by atoms with Gasteiger partial charge in [-0.25, -0.2) is 17.2 Å². The minimum Gasteiger partial charge on any atom is -0.484 e. The van der Waals surface area contributed by atoms with E-state index >= 15 is 0 Å². The van der Waals surface area contributed by atoms with E-state index in [9.17, 15) is 35.2 Å². The molecular weight excluding hydrogens is 445 g/mol. The van der Waals surface area contributed by atoms with Crippen LogP contribution in [0.1, 0.15) is 19.3 Å². The lowest BCUT2D eigenvalue weighted by atomic mass is 10.0. The van der Waals surface area contributed by atoms with E-state index in [1.54, 1.807) is 0 Å². The number of halogens is 6. The fourth-order valence-electron chi connectivity index (χ4n) is 3.52. The van der Waals surface area contributed by atoms with Crippen molar-refractivity contribution in [2.45, 2.75) is 41.5 Å². The molecule has 2 aliphatic rings. The first-order chi connectivity index (χ1) is 13.3. The number of nitrogens with zero attached hydrogens (tertiary/aromatic N) is 1. The summed E-state index contributed by atoms with van der Waals surface area (Å²) in [5.41, 5.74) is 0. The lowest BCUT2D eigenvalue weighted by molar-refractivity contribution is -0.169. The molecule has 3 rings (SSSR count). The second kappa shape index (κ2) is 7.57. The SMILES string of the molecule is O=C([C@@H]1CC[C@@H](S(=O)(=O)c2ccc(OCC(F)(F)F)cc2Cl)C1)N1CC(F)(F)C1. The molecule has 162 valence electrons. The number of ether oxygens (including phenoxy) is 1. The van der Waals surface area contributed by atoms with Gasteiger partial charge >= 0.3 is 6.18 Å². The Bertz CT molecular complexity index is 898. The van der Waals surface area contributed by atoms with Crippen molar-refractivity contribution in [1.29, 1.82) is 0 Å². The molecule has 0 aromatic heterocycles. The zero-order valence-corrected chi connectivity index (χ0v) is 16.5. The summed E-state index contributed by atoms with van der Waals surface area (Å²) in [4.78, 5) is 13.0. The molecular formula is C17H17ClF5NO4S. The highest BCUT2D eigenvalue weighted by atomic mass is 35.5. The summed E-state index contributed by atoms with van der Waals surface area (Å²) in [5.74, 6) is -4.29. The summed E-state index contributed by atoms with van der Waals surface area (Å²) in [6, 6.07) is 3.12. The first-order valence-electron chi connectivity index (χ1n) is 8.68. The Hall–Kier alpha value is -1.62. The van der Waals surface area contributed by atoms with E-state index in [-0.39, 0.29) is 34.9 Å². The predicted molar refractivity (Wildman–Crippen MR) is 92.8 cm³/mol. The number of benzene rings is 1. The molecule has 1 aromatic carbocycles. The highest BCUT2D eigenvalue weighted by Gasteiger charge is 2.49. The smallest absolute Gasteiger partial charge is 0.422 e. The summed E-state index contributed by atoms with van der Waals surface area (Å²) >= 11 is 5.96. The highest BCUT2D eigenvalue weighted by Crippen LogP contribution is 2.39. The Morgan fingerprint density at radius 3 is 2.45 bits per heavy atom. The standard InChI is InChI=1S/C17H17ClF5NO4S/c18-13-6-11(28-9-17(21,22)23)2-4-14(13)29(26,27)12-3-1-10(5-12)15(25)24-7-16(19,20)8-24/h2,4,6,10,12H,1,3,5,7-9H2/t10-,12-/m1/s1. The summed E-state index contributed by atoms with van der Waals surface area (Å²) < 4.78 is 92.8. The molecule has 2 fully saturated rings. The van der Waals surface area contributed by atoms with Gasteiger partial charge in [-0.15, -0.1) is 0 Å². The van der Waals surface area contributed by atoms with Gasteiger partial charge < -0.3 is 9.64 Å². The van der Waals surface area contributed by atoms with Gasteiger partial charge in [0.15, 0.2) is 16.4 Å². The van der Waals surface area contributed by atoms with Gasteiger partial charge in [-0.3, -0.25) is 4.79 Å². The topological polar surface area (TPSA) is 63.7 Å². The zero-order chi connectivity index (χ0) is 21.6. The number of alkyl halides is 5. The zero-order valence-electron chi connectivity index (χ0n) is 14.9. The minimum absolute atomic E-state index is 0.0219.